The van der Waals surface area contributed by atoms with E-state index in [1.165, 1.54) is 11.0 Å². The first kappa shape index (κ1) is 21.5. The number of hydrogen-bond donors (Lipinski definition) is 1. The number of halogens is 1. The van der Waals surface area contributed by atoms with Crippen LogP contribution in [-0.4, -0.2) is 33.7 Å². The number of carbonyl (C=O) groups excluding carboxylic acids is 1. The van der Waals surface area contributed by atoms with Crippen LogP contribution in [0, 0.1) is 12.7 Å². The number of carbonyl (C=O) groups is 1. The van der Waals surface area contributed by atoms with Gasteiger partial charge in [-0.05, 0) is 50.1 Å². The standard InChI is InChI=1S/C23H24FN5O3.H2/c1-4-17-13-31-23(30)29(17)22-27-15(3)26-21(28-22)25-14(2)16-10-11-20(19(24)12-16)32-18-8-6-5-7-9-18;/h5-12,14,17H,4,13H2,1-3H3,(H,25,26,27,28);1H/t14-,17-;/m0./s1. The van der Waals surface area contributed by atoms with Gasteiger partial charge in [0.1, 0.15) is 18.2 Å². The van der Waals surface area contributed by atoms with Crippen LogP contribution in [0.15, 0.2) is 48.5 Å². The highest BCUT2D eigenvalue weighted by molar-refractivity contribution is 5.88. The molecule has 0 unspecified atom stereocenters. The van der Waals surface area contributed by atoms with Gasteiger partial charge in [0.05, 0.1) is 12.1 Å². The predicted molar refractivity (Wildman–Crippen MR) is 120 cm³/mol. The molecule has 2 aromatic carbocycles. The van der Waals surface area contributed by atoms with Crippen LogP contribution in [0.3, 0.4) is 0 Å². The van der Waals surface area contributed by atoms with Crippen molar-refractivity contribution in [1.29, 1.82) is 0 Å². The lowest BCUT2D eigenvalue weighted by Crippen LogP contribution is -2.34. The molecule has 1 aromatic heterocycles. The van der Waals surface area contributed by atoms with E-state index < -0.39 is 11.9 Å². The molecule has 1 fully saturated rings. The van der Waals surface area contributed by atoms with Crippen molar-refractivity contribution in [2.24, 2.45) is 0 Å². The number of aryl methyl sites for hydroxylation is 1. The van der Waals surface area contributed by atoms with Crippen molar-refractivity contribution in [3.63, 3.8) is 0 Å². The summed E-state index contributed by atoms with van der Waals surface area (Å²) in [5, 5.41) is 3.16. The summed E-state index contributed by atoms with van der Waals surface area (Å²) in [6.07, 6.45) is 0.240. The molecule has 9 heteroatoms. The molecule has 2 atom stereocenters. The number of cyclic esters (lactones) is 1. The highest BCUT2D eigenvalue weighted by atomic mass is 19.1. The second-order valence-electron chi connectivity index (χ2n) is 7.49. The van der Waals surface area contributed by atoms with Gasteiger partial charge in [0, 0.05) is 1.43 Å². The molecule has 2 heterocycles. The minimum atomic E-state index is -0.475. The maximum atomic E-state index is 14.6. The Bertz CT molecular complexity index is 1120. The lowest BCUT2D eigenvalue weighted by atomic mass is 10.1. The molecule has 0 saturated carbocycles. The van der Waals surface area contributed by atoms with Crippen LogP contribution in [0.4, 0.5) is 21.1 Å². The van der Waals surface area contributed by atoms with E-state index >= 15 is 0 Å². The van der Waals surface area contributed by atoms with E-state index in [1.54, 1.807) is 31.2 Å². The molecule has 1 N–H and O–H groups in total. The van der Waals surface area contributed by atoms with Gasteiger partial charge in [-0.2, -0.15) is 15.0 Å². The average molecular weight is 439 g/mol. The Labute approximate surface area is 186 Å². The second kappa shape index (κ2) is 9.17. The molecule has 1 saturated heterocycles. The van der Waals surface area contributed by atoms with Crippen molar-refractivity contribution < 1.29 is 20.1 Å². The maximum Gasteiger partial charge on any atom is 0.417 e. The van der Waals surface area contributed by atoms with Gasteiger partial charge >= 0.3 is 6.09 Å². The number of aromatic nitrogens is 3. The summed E-state index contributed by atoms with van der Waals surface area (Å²) < 4.78 is 25.4. The lowest BCUT2D eigenvalue weighted by molar-refractivity contribution is 0.178. The van der Waals surface area contributed by atoms with E-state index in [-0.39, 0.29) is 25.2 Å². The van der Waals surface area contributed by atoms with Crippen molar-refractivity contribution in [1.82, 2.24) is 15.0 Å². The van der Waals surface area contributed by atoms with E-state index in [2.05, 4.69) is 20.3 Å². The molecule has 0 bridgehead atoms. The Morgan fingerprint density at radius 3 is 2.75 bits per heavy atom. The van der Waals surface area contributed by atoms with Gasteiger partial charge in [-0.25, -0.2) is 14.1 Å². The van der Waals surface area contributed by atoms with Crippen molar-refractivity contribution in [3.8, 4) is 11.5 Å². The molecule has 32 heavy (non-hydrogen) atoms. The fraction of sp³-hybridized carbons (Fsp3) is 0.304. The van der Waals surface area contributed by atoms with Crippen LogP contribution in [0.2, 0.25) is 0 Å². The van der Waals surface area contributed by atoms with Crippen LogP contribution in [-0.2, 0) is 4.74 Å². The van der Waals surface area contributed by atoms with E-state index in [0.717, 1.165) is 0 Å². The maximum absolute atomic E-state index is 14.6. The summed E-state index contributed by atoms with van der Waals surface area (Å²) in [4.78, 5) is 26.6. The zero-order valence-corrected chi connectivity index (χ0v) is 18.1. The molecule has 4 rings (SSSR count). The Morgan fingerprint density at radius 1 is 1.25 bits per heavy atom. The molecule has 3 aromatic rings. The number of ether oxygens (including phenoxy) is 2. The van der Waals surface area contributed by atoms with Crippen molar-refractivity contribution >= 4 is 18.0 Å². The first-order valence-electron chi connectivity index (χ1n) is 10.4. The van der Waals surface area contributed by atoms with Gasteiger partial charge in [0.15, 0.2) is 11.6 Å². The minimum absolute atomic E-state index is 0. The number of para-hydroxylation sites is 1. The van der Waals surface area contributed by atoms with Crippen LogP contribution < -0.4 is 15.0 Å². The van der Waals surface area contributed by atoms with Crippen LogP contribution >= 0.6 is 0 Å². The normalized spacial score (nSPS) is 16.6. The Balaban J connectivity index is 0.00000306. The van der Waals surface area contributed by atoms with Gasteiger partial charge in [0.25, 0.3) is 0 Å². The fourth-order valence-electron chi connectivity index (χ4n) is 3.41. The van der Waals surface area contributed by atoms with Gasteiger partial charge in [-0.1, -0.05) is 31.2 Å². The number of anilines is 2. The Kier molecular flexibility index (Phi) is 6.16. The Morgan fingerprint density at radius 2 is 2.03 bits per heavy atom. The summed E-state index contributed by atoms with van der Waals surface area (Å²) in [5.41, 5.74) is 0.689. The van der Waals surface area contributed by atoms with Gasteiger partial charge in [-0.15, -0.1) is 0 Å². The Hall–Kier alpha value is -3.75. The summed E-state index contributed by atoms with van der Waals surface area (Å²) in [6, 6.07) is 13.4. The van der Waals surface area contributed by atoms with Crippen LogP contribution in [0.25, 0.3) is 0 Å². The highest BCUT2D eigenvalue weighted by Crippen LogP contribution is 2.28. The smallest absolute Gasteiger partial charge is 0.417 e. The molecule has 1 aliphatic heterocycles. The molecule has 8 nitrogen and oxygen atoms in total. The van der Waals surface area contributed by atoms with Gasteiger partial charge in [-0.3, -0.25) is 0 Å². The quantitative estimate of drug-likeness (QED) is 0.537. The first-order valence-corrected chi connectivity index (χ1v) is 10.4. The number of nitrogens with one attached hydrogen (secondary N) is 1. The number of rotatable bonds is 7. The lowest BCUT2D eigenvalue weighted by Gasteiger charge is -2.20. The van der Waals surface area contributed by atoms with E-state index in [1.807, 2.05) is 32.0 Å². The zero-order chi connectivity index (χ0) is 22.7. The van der Waals surface area contributed by atoms with Crippen LogP contribution in [0.1, 0.15) is 39.1 Å². The molecule has 1 amide bonds. The summed E-state index contributed by atoms with van der Waals surface area (Å²) in [6.45, 7) is 5.85. The molecule has 168 valence electrons. The molecular formula is C23H26FN5O3. The van der Waals surface area contributed by atoms with Gasteiger partial charge in [0.2, 0.25) is 11.9 Å². The fourth-order valence-corrected chi connectivity index (χ4v) is 3.41. The zero-order valence-electron chi connectivity index (χ0n) is 18.1. The topological polar surface area (TPSA) is 89.5 Å². The molecular weight excluding hydrogens is 413 g/mol. The largest absolute Gasteiger partial charge is 0.454 e. The first-order chi connectivity index (χ1) is 15.4. The molecule has 0 spiro atoms. The van der Waals surface area contributed by atoms with E-state index in [9.17, 15) is 9.18 Å². The SMILES string of the molecule is CC[C@H]1COC(=O)N1c1nc(C)nc(N[C@@H](C)c2ccc(Oc3ccccc3)c(F)c2)n1.[HH]. The number of amides is 1. The predicted octanol–water partition coefficient (Wildman–Crippen LogP) is 5.27. The highest BCUT2D eigenvalue weighted by Gasteiger charge is 2.35. The third kappa shape index (κ3) is 4.61. The van der Waals surface area contributed by atoms with Crippen LogP contribution in [0.5, 0.6) is 11.5 Å². The summed E-state index contributed by atoms with van der Waals surface area (Å²) in [5.74, 6) is 1.21. The van der Waals surface area contributed by atoms with E-state index in [0.29, 0.717) is 36.1 Å². The number of benzene rings is 2. The molecule has 0 radical (unpaired) electrons. The van der Waals surface area contributed by atoms with Crippen molar-refractivity contribution in [2.75, 3.05) is 16.8 Å². The number of nitrogens with zero attached hydrogens (tertiary/aromatic N) is 4. The summed E-state index contributed by atoms with van der Waals surface area (Å²) in [7, 11) is 0. The monoisotopic (exact) mass is 439 g/mol. The van der Waals surface area contributed by atoms with Crippen molar-refractivity contribution in [2.45, 2.75) is 39.3 Å². The number of hydrogen-bond acceptors (Lipinski definition) is 7. The van der Waals surface area contributed by atoms with Crippen molar-refractivity contribution in [3.05, 3.63) is 65.7 Å². The minimum Gasteiger partial charge on any atom is -0.454 e. The molecule has 1 aliphatic rings. The third-order valence-corrected chi connectivity index (χ3v) is 5.16. The van der Waals surface area contributed by atoms with E-state index in [4.69, 9.17) is 9.47 Å². The average Bonchev–Trinajstić information content (AvgIpc) is 3.16. The second-order valence-corrected chi connectivity index (χ2v) is 7.49. The summed E-state index contributed by atoms with van der Waals surface area (Å²) >= 11 is 0. The molecule has 0 aliphatic carbocycles. The van der Waals surface area contributed by atoms with Gasteiger partial charge < -0.3 is 14.8 Å². The third-order valence-electron chi connectivity index (χ3n) is 5.16.